The van der Waals surface area contributed by atoms with Crippen molar-refractivity contribution < 1.29 is 9.47 Å². The van der Waals surface area contributed by atoms with E-state index in [0.717, 1.165) is 24.5 Å². The van der Waals surface area contributed by atoms with Gasteiger partial charge in [-0.2, -0.15) is 0 Å². The number of methoxy groups -OCH3 is 2. The van der Waals surface area contributed by atoms with Crippen molar-refractivity contribution in [3.05, 3.63) is 23.8 Å². The van der Waals surface area contributed by atoms with Gasteiger partial charge in [-0.1, -0.05) is 19.9 Å². The lowest BCUT2D eigenvalue weighted by atomic mass is 9.65. The van der Waals surface area contributed by atoms with E-state index in [1.54, 1.807) is 14.2 Å². The molecule has 1 saturated carbocycles. The van der Waals surface area contributed by atoms with E-state index in [1.165, 1.54) is 18.4 Å². The molecule has 1 aliphatic rings. The van der Waals surface area contributed by atoms with Crippen molar-refractivity contribution >= 4 is 0 Å². The summed E-state index contributed by atoms with van der Waals surface area (Å²) in [7, 11) is 3.41. The van der Waals surface area contributed by atoms with Crippen LogP contribution in [0.5, 0.6) is 11.5 Å². The molecule has 0 saturated heterocycles. The van der Waals surface area contributed by atoms with E-state index in [9.17, 15) is 0 Å². The van der Waals surface area contributed by atoms with Gasteiger partial charge in [0.1, 0.15) is 11.5 Å². The number of hydrogen-bond acceptors (Lipinski definition) is 3. The van der Waals surface area contributed by atoms with E-state index < -0.39 is 0 Å². The zero-order valence-corrected chi connectivity index (χ0v) is 13.1. The molecular formula is C17H27NO2. The summed E-state index contributed by atoms with van der Waals surface area (Å²) < 4.78 is 10.9. The molecule has 0 amide bonds. The first-order valence-electron chi connectivity index (χ1n) is 7.42. The number of benzene rings is 1. The third kappa shape index (κ3) is 3.09. The lowest BCUT2D eigenvalue weighted by Gasteiger charge is -2.41. The quantitative estimate of drug-likeness (QED) is 0.915. The molecular weight excluding hydrogens is 250 g/mol. The first kappa shape index (κ1) is 15.2. The minimum Gasteiger partial charge on any atom is -0.497 e. The van der Waals surface area contributed by atoms with Crippen molar-refractivity contribution in [2.45, 2.75) is 39.0 Å². The normalized spacial score (nSPS) is 25.2. The molecule has 1 aromatic carbocycles. The second-order valence-electron chi connectivity index (χ2n) is 6.62. The van der Waals surface area contributed by atoms with Crippen LogP contribution < -0.4 is 15.2 Å². The van der Waals surface area contributed by atoms with Gasteiger partial charge in [-0.05, 0) is 54.7 Å². The van der Waals surface area contributed by atoms with E-state index in [2.05, 4.69) is 19.9 Å². The van der Waals surface area contributed by atoms with Crippen molar-refractivity contribution in [2.24, 2.45) is 17.1 Å². The molecule has 2 rings (SSSR count). The van der Waals surface area contributed by atoms with E-state index in [1.807, 2.05) is 12.1 Å². The van der Waals surface area contributed by atoms with Gasteiger partial charge in [0.25, 0.3) is 0 Å². The first-order chi connectivity index (χ1) is 9.50. The fourth-order valence-corrected chi connectivity index (χ4v) is 3.41. The Labute approximate surface area is 122 Å². The van der Waals surface area contributed by atoms with Gasteiger partial charge < -0.3 is 15.2 Å². The van der Waals surface area contributed by atoms with Crippen molar-refractivity contribution in [3.8, 4) is 11.5 Å². The van der Waals surface area contributed by atoms with Gasteiger partial charge in [0.2, 0.25) is 0 Å². The summed E-state index contributed by atoms with van der Waals surface area (Å²) in [5.41, 5.74) is 7.65. The molecule has 0 spiro atoms. The summed E-state index contributed by atoms with van der Waals surface area (Å²) >= 11 is 0. The van der Waals surface area contributed by atoms with Gasteiger partial charge in [0.15, 0.2) is 0 Å². The highest BCUT2D eigenvalue weighted by atomic mass is 16.5. The van der Waals surface area contributed by atoms with Crippen LogP contribution >= 0.6 is 0 Å². The number of nitrogens with two attached hydrogens (primary N) is 1. The Morgan fingerprint density at radius 1 is 1.25 bits per heavy atom. The number of ether oxygens (including phenoxy) is 2. The van der Waals surface area contributed by atoms with E-state index in [4.69, 9.17) is 15.2 Å². The predicted molar refractivity (Wildman–Crippen MR) is 82.5 cm³/mol. The van der Waals surface area contributed by atoms with E-state index in [-0.39, 0.29) is 0 Å². The third-order valence-electron chi connectivity index (χ3n) is 4.68. The Morgan fingerprint density at radius 2 is 2.00 bits per heavy atom. The lowest BCUT2D eigenvalue weighted by Crippen LogP contribution is -2.32. The summed E-state index contributed by atoms with van der Waals surface area (Å²) in [6.45, 7) is 5.45. The topological polar surface area (TPSA) is 44.5 Å². The van der Waals surface area contributed by atoms with Gasteiger partial charge >= 0.3 is 0 Å². The van der Waals surface area contributed by atoms with Crippen LogP contribution in [-0.4, -0.2) is 20.8 Å². The summed E-state index contributed by atoms with van der Waals surface area (Å²) in [6, 6.07) is 6.14. The minimum absolute atomic E-state index is 0.376. The van der Waals surface area contributed by atoms with Crippen LogP contribution in [0.3, 0.4) is 0 Å². The van der Waals surface area contributed by atoms with Gasteiger partial charge in [0, 0.05) is 6.07 Å². The van der Waals surface area contributed by atoms with Crippen LogP contribution in [0.15, 0.2) is 18.2 Å². The second kappa shape index (κ2) is 6.04. The highest BCUT2D eigenvalue weighted by Gasteiger charge is 2.36. The molecule has 0 aliphatic heterocycles. The molecule has 0 aromatic heterocycles. The second-order valence-corrected chi connectivity index (χ2v) is 6.62. The molecule has 1 aliphatic carbocycles. The van der Waals surface area contributed by atoms with E-state index in [0.29, 0.717) is 17.3 Å². The fourth-order valence-electron chi connectivity index (χ4n) is 3.41. The Morgan fingerprint density at radius 3 is 2.60 bits per heavy atom. The summed E-state index contributed by atoms with van der Waals surface area (Å²) in [6.07, 6.45) is 3.62. The molecule has 0 bridgehead atoms. The first-order valence-corrected chi connectivity index (χ1v) is 7.42. The molecule has 20 heavy (non-hydrogen) atoms. The number of rotatable bonds is 4. The monoisotopic (exact) mass is 277 g/mol. The van der Waals surface area contributed by atoms with Gasteiger partial charge in [-0.15, -0.1) is 0 Å². The fraction of sp³-hybridized carbons (Fsp3) is 0.647. The van der Waals surface area contributed by atoms with Gasteiger partial charge in [-0.3, -0.25) is 0 Å². The standard InChI is InChI=1S/C17H27NO2/c1-17(2)8-7-12(11-18)15(10-17)14-6-5-13(19-3)9-16(14)20-4/h5-6,9,12,15H,7-8,10-11,18H2,1-4H3. The molecule has 2 unspecified atom stereocenters. The Balaban J connectivity index is 2.36. The highest BCUT2D eigenvalue weighted by Crippen LogP contribution is 2.48. The molecule has 2 atom stereocenters. The highest BCUT2D eigenvalue weighted by molar-refractivity contribution is 5.43. The maximum absolute atomic E-state index is 6.00. The van der Waals surface area contributed by atoms with Gasteiger partial charge in [-0.25, -0.2) is 0 Å². The van der Waals surface area contributed by atoms with Crippen LogP contribution in [-0.2, 0) is 0 Å². The van der Waals surface area contributed by atoms with Crippen LogP contribution in [0.1, 0.15) is 44.6 Å². The minimum atomic E-state index is 0.376. The zero-order valence-electron chi connectivity index (χ0n) is 13.1. The molecule has 1 aromatic rings. The van der Waals surface area contributed by atoms with Crippen molar-refractivity contribution in [3.63, 3.8) is 0 Å². The van der Waals surface area contributed by atoms with E-state index >= 15 is 0 Å². The summed E-state index contributed by atoms with van der Waals surface area (Å²) in [5, 5.41) is 0. The Bertz CT molecular complexity index is 456. The summed E-state index contributed by atoms with van der Waals surface area (Å²) in [4.78, 5) is 0. The Hall–Kier alpha value is -1.22. The average Bonchev–Trinajstić information content (AvgIpc) is 2.45. The van der Waals surface area contributed by atoms with Crippen LogP contribution in [0.4, 0.5) is 0 Å². The maximum Gasteiger partial charge on any atom is 0.126 e. The third-order valence-corrected chi connectivity index (χ3v) is 4.68. The molecule has 112 valence electrons. The molecule has 0 heterocycles. The Kier molecular flexibility index (Phi) is 4.59. The van der Waals surface area contributed by atoms with Crippen LogP contribution in [0, 0.1) is 11.3 Å². The largest absolute Gasteiger partial charge is 0.497 e. The predicted octanol–water partition coefficient (Wildman–Crippen LogP) is 3.57. The molecule has 3 heteroatoms. The molecule has 1 fully saturated rings. The van der Waals surface area contributed by atoms with Crippen LogP contribution in [0.25, 0.3) is 0 Å². The molecule has 2 N–H and O–H groups in total. The van der Waals surface area contributed by atoms with Gasteiger partial charge in [0.05, 0.1) is 14.2 Å². The SMILES string of the molecule is COc1ccc(C2CC(C)(C)CCC2CN)c(OC)c1. The smallest absolute Gasteiger partial charge is 0.126 e. The zero-order chi connectivity index (χ0) is 14.8. The summed E-state index contributed by atoms with van der Waals surface area (Å²) in [5.74, 6) is 2.78. The van der Waals surface area contributed by atoms with Crippen molar-refractivity contribution in [2.75, 3.05) is 20.8 Å². The average molecular weight is 277 g/mol. The van der Waals surface area contributed by atoms with Crippen molar-refractivity contribution in [1.82, 2.24) is 0 Å². The number of hydrogen-bond donors (Lipinski definition) is 1. The van der Waals surface area contributed by atoms with Crippen LogP contribution in [0.2, 0.25) is 0 Å². The van der Waals surface area contributed by atoms with Crippen molar-refractivity contribution in [1.29, 1.82) is 0 Å². The lowest BCUT2D eigenvalue weighted by molar-refractivity contribution is 0.163. The molecule has 0 radical (unpaired) electrons. The maximum atomic E-state index is 6.00. The molecule has 3 nitrogen and oxygen atoms in total.